The van der Waals surface area contributed by atoms with Gasteiger partial charge in [0.15, 0.2) is 0 Å². The number of rotatable bonds is 4. The number of hydrogen-bond acceptors (Lipinski definition) is 3. The van der Waals surface area contributed by atoms with Crippen LogP contribution in [0.5, 0.6) is 0 Å². The van der Waals surface area contributed by atoms with Gasteiger partial charge in [0.25, 0.3) is 11.8 Å². The van der Waals surface area contributed by atoms with E-state index in [2.05, 4.69) is 10.6 Å². The normalized spacial score (nSPS) is 14.8. The van der Waals surface area contributed by atoms with E-state index in [9.17, 15) is 14.4 Å². The second-order valence-corrected chi connectivity index (χ2v) is 9.28. The largest absolute Gasteiger partial charge is 0.347 e. The number of hydrogen-bond donors (Lipinski definition) is 2. The van der Waals surface area contributed by atoms with Crippen LogP contribution in [0.25, 0.3) is 0 Å². The van der Waals surface area contributed by atoms with Crippen molar-refractivity contribution >= 4 is 35.0 Å². The van der Waals surface area contributed by atoms with Crippen molar-refractivity contribution in [3.8, 4) is 0 Å². The number of benzene rings is 2. The Morgan fingerprint density at radius 2 is 1.45 bits per heavy atom. The van der Waals surface area contributed by atoms with E-state index in [1.165, 1.54) is 0 Å². The summed E-state index contributed by atoms with van der Waals surface area (Å²) in [6, 6.07) is 13.7. The highest BCUT2D eigenvalue weighted by Gasteiger charge is 2.28. The minimum atomic E-state index is -0.312. The van der Waals surface area contributed by atoms with Crippen LogP contribution in [0.2, 0.25) is 5.02 Å². The molecular formula is C24H28ClN3O3. The molecule has 0 aromatic heterocycles. The van der Waals surface area contributed by atoms with E-state index in [1.54, 1.807) is 53.4 Å². The highest BCUT2D eigenvalue weighted by Crippen LogP contribution is 2.22. The highest BCUT2D eigenvalue weighted by molar-refractivity contribution is 6.30. The van der Waals surface area contributed by atoms with E-state index in [-0.39, 0.29) is 29.2 Å². The fourth-order valence-electron chi connectivity index (χ4n) is 3.48. The Labute approximate surface area is 188 Å². The number of anilines is 1. The van der Waals surface area contributed by atoms with Gasteiger partial charge in [0.05, 0.1) is 0 Å². The Kier molecular flexibility index (Phi) is 7.01. The molecule has 2 aromatic carbocycles. The van der Waals surface area contributed by atoms with Crippen molar-refractivity contribution in [2.75, 3.05) is 18.4 Å². The molecule has 1 aliphatic rings. The third-order valence-corrected chi connectivity index (χ3v) is 5.40. The molecule has 0 atom stereocenters. The van der Waals surface area contributed by atoms with Gasteiger partial charge in [0.1, 0.15) is 0 Å². The van der Waals surface area contributed by atoms with Gasteiger partial charge in [-0.15, -0.1) is 0 Å². The Morgan fingerprint density at radius 1 is 0.903 bits per heavy atom. The molecule has 0 bridgehead atoms. The van der Waals surface area contributed by atoms with Crippen LogP contribution in [0.15, 0.2) is 48.5 Å². The maximum absolute atomic E-state index is 12.6. The predicted octanol–water partition coefficient (Wildman–Crippen LogP) is 4.36. The summed E-state index contributed by atoms with van der Waals surface area (Å²) in [4.78, 5) is 39.2. The molecule has 6 nitrogen and oxygen atoms in total. The lowest BCUT2D eigenvalue weighted by Crippen LogP contribution is -2.41. The smallest absolute Gasteiger partial charge is 0.253 e. The van der Waals surface area contributed by atoms with Crippen LogP contribution in [-0.4, -0.2) is 41.2 Å². The summed E-state index contributed by atoms with van der Waals surface area (Å²) >= 11 is 5.88. The van der Waals surface area contributed by atoms with Crippen molar-refractivity contribution in [3.63, 3.8) is 0 Å². The zero-order valence-corrected chi connectivity index (χ0v) is 18.8. The third kappa shape index (κ3) is 6.31. The first-order valence-corrected chi connectivity index (χ1v) is 10.8. The molecule has 2 N–H and O–H groups in total. The van der Waals surface area contributed by atoms with Crippen molar-refractivity contribution in [3.05, 3.63) is 64.7 Å². The van der Waals surface area contributed by atoms with Gasteiger partial charge in [-0.3, -0.25) is 14.4 Å². The quantitative estimate of drug-likeness (QED) is 0.739. The molecule has 3 amide bonds. The third-order valence-electron chi connectivity index (χ3n) is 5.15. The monoisotopic (exact) mass is 441 g/mol. The van der Waals surface area contributed by atoms with E-state index in [4.69, 9.17) is 11.6 Å². The van der Waals surface area contributed by atoms with Crippen molar-refractivity contribution < 1.29 is 14.4 Å². The summed E-state index contributed by atoms with van der Waals surface area (Å²) in [7, 11) is 0. The van der Waals surface area contributed by atoms with Gasteiger partial charge in [-0.2, -0.15) is 0 Å². The van der Waals surface area contributed by atoms with Crippen molar-refractivity contribution in [1.82, 2.24) is 10.2 Å². The zero-order valence-electron chi connectivity index (χ0n) is 18.1. The van der Waals surface area contributed by atoms with E-state index < -0.39 is 0 Å². The van der Waals surface area contributed by atoms with Crippen molar-refractivity contribution in [2.24, 2.45) is 5.92 Å². The Hall–Kier alpha value is -2.86. The Bertz CT molecular complexity index is 942. The van der Waals surface area contributed by atoms with Gasteiger partial charge in [-0.25, -0.2) is 0 Å². The number of carbonyl (C=O) groups is 3. The van der Waals surface area contributed by atoms with E-state index in [0.29, 0.717) is 47.8 Å². The molecule has 1 fully saturated rings. The van der Waals surface area contributed by atoms with Crippen LogP contribution < -0.4 is 10.6 Å². The summed E-state index contributed by atoms with van der Waals surface area (Å²) < 4.78 is 0. The number of nitrogens with zero attached hydrogens (tertiary/aromatic N) is 1. The first-order chi connectivity index (χ1) is 14.6. The average Bonchev–Trinajstić information content (AvgIpc) is 2.73. The number of likely N-dealkylation sites (tertiary alicyclic amines) is 1. The van der Waals surface area contributed by atoms with Crippen molar-refractivity contribution in [1.29, 1.82) is 0 Å². The molecule has 1 saturated heterocycles. The fraction of sp³-hybridized carbons (Fsp3) is 0.375. The van der Waals surface area contributed by atoms with Gasteiger partial charge in [-0.1, -0.05) is 11.6 Å². The summed E-state index contributed by atoms with van der Waals surface area (Å²) in [6.07, 6.45) is 1.22. The Morgan fingerprint density at radius 3 is 2.00 bits per heavy atom. The summed E-state index contributed by atoms with van der Waals surface area (Å²) in [5, 5.41) is 6.42. The molecule has 0 saturated carbocycles. The van der Waals surface area contributed by atoms with Crippen LogP contribution in [0, 0.1) is 5.92 Å². The first kappa shape index (κ1) is 22.8. The molecule has 164 valence electrons. The number of piperidine rings is 1. The number of carbonyl (C=O) groups excluding carboxylic acids is 3. The molecule has 0 aliphatic carbocycles. The van der Waals surface area contributed by atoms with Gasteiger partial charge in [0, 0.05) is 46.4 Å². The number of halogens is 1. The minimum absolute atomic E-state index is 0.0420. The van der Waals surface area contributed by atoms with Crippen LogP contribution in [0.3, 0.4) is 0 Å². The number of amides is 3. The molecule has 1 heterocycles. The van der Waals surface area contributed by atoms with Crippen LogP contribution >= 0.6 is 11.6 Å². The number of nitrogens with one attached hydrogen (secondary N) is 2. The van der Waals surface area contributed by atoms with Crippen LogP contribution in [-0.2, 0) is 4.79 Å². The van der Waals surface area contributed by atoms with Crippen LogP contribution in [0.1, 0.15) is 54.3 Å². The van der Waals surface area contributed by atoms with Gasteiger partial charge in [-0.05, 0) is 82.1 Å². The molecule has 3 rings (SSSR count). The van der Waals surface area contributed by atoms with E-state index in [0.717, 1.165) is 0 Å². The summed E-state index contributed by atoms with van der Waals surface area (Å²) in [6.45, 7) is 6.84. The maximum Gasteiger partial charge on any atom is 0.253 e. The second-order valence-electron chi connectivity index (χ2n) is 8.84. The van der Waals surface area contributed by atoms with Gasteiger partial charge in [0.2, 0.25) is 5.91 Å². The lowest BCUT2D eigenvalue weighted by atomic mass is 9.95. The standard InChI is InChI=1S/C24H28ClN3O3/c1-24(2,3)27-22(30)16-6-10-20(11-7-16)26-21(29)17-12-14-28(15-13-17)23(31)18-4-8-19(25)9-5-18/h4-11,17H,12-15H2,1-3H3,(H,26,29)(H,27,30). The SMILES string of the molecule is CC(C)(C)NC(=O)c1ccc(NC(=O)C2CCN(C(=O)c3ccc(Cl)cc3)CC2)cc1. The van der Waals surface area contributed by atoms with Gasteiger partial charge < -0.3 is 15.5 Å². The molecule has 0 unspecified atom stereocenters. The molecule has 1 aliphatic heterocycles. The van der Waals surface area contributed by atoms with E-state index in [1.807, 2.05) is 20.8 Å². The maximum atomic E-state index is 12.6. The molecule has 0 radical (unpaired) electrons. The predicted molar refractivity (Wildman–Crippen MR) is 122 cm³/mol. The van der Waals surface area contributed by atoms with Crippen LogP contribution in [0.4, 0.5) is 5.69 Å². The average molecular weight is 442 g/mol. The van der Waals surface area contributed by atoms with Crippen molar-refractivity contribution in [2.45, 2.75) is 39.2 Å². The van der Waals surface area contributed by atoms with E-state index >= 15 is 0 Å². The molecular weight excluding hydrogens is 414 g/mol. The summed E-state index contributed by atoms with van der Waals surface area (Å²) in [5.74, 6) is -0.411. The molecule has 7 heteroatoms. The second kappa shape index (κ2) is 9.52. The summed E-state index contributed by atoms with van der Waals surface area (Å²) in [5.41, 5.74) is 1.48. The molecule has 0 spiro atoms. The molecule has 31 heavy (non-hydrogen) atoms. The first-order valence-electron chi connectivity index (χ1n) is 10.4. The lowest BCUT2D eigenvalue weighted by molar-refractivity contribution is -0.121. The van der Waals surface area contributed by atoms with Gasteiger partial charge >= 0.3 is 0 Å². The zero-order chi connectivity index (χ0) is 22.6. The topological polar surface area (TPSA) is 78.5 Å². The fourth-order valence-corrected chi connectivity index (χ4v) is 3.61. The minimum Gasteiger partial charge on any atom is -0.347 e. The molecule has 2 aromatic rings. The lowest BCUT2D eigenvalue weighted by Gasteiger charge is -2.31. The highest BCUT2D eigenvalue weighted by atomic mass is 35.5. The Balaban J connectivity index is 1.51.